The summed E-state index contributed by atoms with van der Waals surface area (Å²) in [6.07, 6.45) is 2.36. The number of ketones is 2. The van der Waals surface area contributed by atoms with Gasteiger partial charge in [-0.3, -0.25) is 9.59 Å². The Morgan fingerprint density at radius 2 is 1.00 bits per heavy atom. The van der Waals surface area contributed by atoms with Gasteiger partial charge in [0.1, 0.15) is 11.5 Å². The predicted octanol–water partition coefficient (Wildman–Crippen LogP) is 5.85. The van der Waals surface area contributed by atoms with E-state index >= 15 is 0 Å². The van der Waals surface area contributed by atoms with Crippen LogP contribution < -0.4 is 9.47 Å². The highest BCUT2D eigenvalue weighted by molar-refractivity contribution is 6.50. The first-order valence-electron chi connectivity index (χ1n) is 10.9. The maximum absolute atomic E-state index is 13.5. The van der Waals surface area contributed by atoms with Gasteiger partial charge in [0.05, 0.1) is 25.3 Å². The molecule has 31 heavy (non-hydrogen) atoms. The van der Waals surface area contributed by atoms with Crippen LogP contribution in [0.4, 0.5) is 0 Å². The summed E-state index contributed by atoms with van der Waals surface area (Å²) in [5, 5.41) is 0. The molecule has 0 aromatic heterocycles. The predicted molar refractivity (Wildman–Crippen MR) is 124 cm³/mol. The third kappa shape index (κ3) is 4.39. The molecule has 0 fully saturated rings. The van der Waals surface area contributed by atoms with Gasteiger partial charge in [0.15, 0.2) is 0 Å². The highest BCUT2D eigenvalue weighted by Gasteiger charge is 2.31. The minimum absolute atomic E-state index is 0.159. The number of carbonyl (C=O) groups is 2. The molecule has 166 valence electrons. The van der Waals surface area contributed by atoms with Crippen molar-refractivity contribution in [1.29, 1.82) is 0 Å². The van der Waals surface area contributed by atoms with Crippen LogP contribution in [0.3, 0.4) is 0 Å². The Morgan fingerprint density at radius 3 is 1.29 bits per heavy atom. The van der Waals surface area contributed by atoms with Crippen LogP contribution in [-0.4, -0.2) is 25.8 Å². The van der Waals surface area contributed by atoms with E-state index in [4.69, 9.17) is 9.47 Å². The van der Waals surface area contributed by atoms with Gasteiger partial charge in [0, 0.05) is 0 Å². The maximum Gasteiger partial charge on any atom is 0.237 e. The molecule has 4 heteroatoms. The quantitative estimate of drug-likeness (QED) is 0.570. The summed E-state index contributed by atoms with van der Waals surface area (Å²) >= 11 is 0. The van der Waals surface area contributed by atoms with Crippen molar-refractivity contribution in [2.45, 2.75) is 71.6 Å². The Balaban J connectivity index is 2.31. The van der Waals surface area contributed by atoms with E-state index in [1.54, 1.807) is 14.2 Å². The zero-order valence-electron chi connectivity index (χ0n) is 20.1. The normalized spacial score (nSPS) is 14.8. The highest BCUT2D eigenvalue weighted by Crippen LogP contribution is 2.38. The van der Waals surface area contributed by atoms with Crippen LogP contribution in [-0.2, 0) is 23.7 Å². The molecule has 2 aromatic carbocycles. The van der Waals surface area contributed by atoms with E-state index in [-0.39, 0.29) is 10.8 Å². The molecule has 0 spiro atoms. The zero-order chi connectivity index (χ0) is 23.1. The molecule has 0 amide bonds. The Hall–Kier alpha value is -2.62. The number of carbonyl (C=O) groups excluding carboxylic acids is 2. The molecule has 4 bridgehead atoms. The summed E-state index contributed by atoms with van der Waals surface area (Å²) in [5.74, 6) is -0.0875. The van der Waals surface area contributed by atoms with Crippen molar-refractivity contribution < 1.29 is 19.1 Å². The Labute approximate surface area is 186 Å². The molecule has 3 rings (SSSR count). The van der Waals surface area contributed by atoms with E-state index in [1.807, 2.05) is 12.1 Å². The average Bonchev–Trinajstić information content (AvgIpc) is 2.69. The summed E-state index contributed by atoms with van der Waals surface area (Å²) in [5.41, 5.74) is 4.33. The molecule has 0 heterocycles. The van der Waals surface area contributed by atoms with Crippen LogP contribution in [0.15, 0.2) is 24.3 Å². The molecule has 0 saturated carbocycles. The van der Waals surface area contributed by atoms with Crippen LogP contribution in [0, 0.1) is 0 Å². The van der Waals surface area contributed by atoms with Crippen molar-refractivity contribution in [3.05, 3.63) is 57.6 Å². The minimum Gasteiger partial charge on any atom is -0.496 e. The van der Waals surface area contributed by atoms with Crippen molar-refractivity contribution in [3.63, 3.8) is 0 Å². The van der Waals surface area contributed by atoms with Gasteiger partial charge in [0.25, 0.3) is 0 Å². The van der Waals surface area contributed by atoms with Gasteiger partial charge in [-0.1, -0.05) is 53.7 Å². The lowest BCUT2D eigenvalue weighted by molar-refractivity contribution is 0.0813. The number of methoxy groups -OCH3 is 2. The Bertz CT molecular complexity index is 949. The van der Waals surface area contributed by atoms with Crippen LogP contribution >= 0.6 is 0 Å². The second-order valence-corrected chi connectivity index (χ2v) is 10.4. The van der Waals surface area contributed by atoms with Crippen molar-refractivity contribution >= 4 is 11.6 Å². The molecule has 0 radical (unpaired) electrons. The third-order valence-corrected chi connectivity index (χ3v) is 6.06. The molecule has 1 aliphatic rings. The second-order valence-electron chi connectivity index (χ2n) is 10.4. The SMILES string of the molecule is COc1c2cc(C(C)(C)C)cc1C(=O)C(=O)c1cc(C(C)(C)C)cc(c1OC)CCC2. The van der Waals surface area contributed by atoms with Gasteiger partial charge in [-0.2, -0.15) is 0 Å². The minimum atomic E-state index is -0.554. The Kier molecular flexibility index (Phi) is 6.05. The van der Waals surface area contributed by atoms with Crippen molar-refractivity contribution in [2.75, 3.05) is 14.2 Å². The first-order chi connectivity index (χ1) is 14.4. The van der Waals surface area contributed by atoms with E-state index in [0.29, 0.717) is 22.6 Å². The van der Waals surface area contributed by atoms with Gasteiger partial charge < -0.3 is 9.47 Å². The van der Waals surface area contributed by atoms with Crippen LogP contribution in [0.25, 0.3) is 0 Å². The summed E-state index contributed by atoms with van der Waals surface area (Å²) in [4.78, 5) is 27.1. The lowest BCUT2D eigenvalue weighted by Crippen LogP contribution is -2.21. The van der Waals surface area contributed by atoms with Crippen molar-refractivity contribution in [3.8, 4) is 11.5 Å². The standard InChI is InChI=1S/C27H34O4/c1-26(2,3)18-12-16-10-9-11-17-13-19(27(4,5)6)15-21(25(17)31-8)23(29)22(28)20(14-18)24(16)30-7/h12-15H,9-11H2,1-8H3. The largest absolute Gasteiger partial charge is 0.496 e. The summed E-state index contributed by atoms with van der Waals surface area (Å²) in [6.45, 7) is 12.6. The number of rotatable bonds is 2. The number of benzene rings is 2. The smallest absolute Gasteiger partial charge is 0.237 e. The summed E-state index contributed by atoms with van der Waals surface area (Å²) < 4.78 is 11.3. The third-order valence-electron chi connectivity index (χ3n) is 6.06. The van der Waals surface area contributed by atoms with Crippen molar-refractivity contribution in [2.24, 2.45) is 0 Å². The fraction of sp³-hybridized carbons (Fsp3) is 0.481. The summed E-state index contributed by atoms with van der Waals surface area (Å²) in [6, 6.07) is 7.87. The van der Waals surface area contributed by atoms with E-state index in [2.05, 4.69) is 53.7 Å². The number of Topliss-reactive ketones (excluding diaryl/α,β-unsaturated/α-hetero) is 2. The number of hydrogen-bond acceptors (Lipinski definition) is 4. The highest BCUT2D eigenvalue weighted by atomic mass is 16.5. The van der Waals surface area contributed by atoms with Crippen LogP contribution in [0.5, 0.6) is 11.5 Å². The van der Waals surface area contributed by atoms with Gasteiger partial charge in [-0.05, 0) is 64.5 Å². The maximum atomic E-state index is 13.5. The monoisotopic (exact) mass is 422 g/mol. The molecule has 0 atom stereocenters. The van der Waals surface area contributed by atoms with Crippen LogP contribution in [0.2, 0.25) is 0 Å². The van der Waals surface area contributed by atoms with E-state index in [1.165, 1.54) is 0 Å². The second kappa shape index (κ2) is 8.14. The molecular formula is C27H34O4. The lowest BCUT2D eigenvalue weighted by Gasteiger charge is -2.23. The topological polar surface area (TPSA) is 52.6 Å². The fourth-order valence-corrected chi connectivity index (χ4v) is 4.15. The number of hydrogen-bond donors (Lipinski definition) is 0. The van der Waals surface area contributed by atoms with Gasteiger partial charge >= 0.3 is 0 Å². The Morgan fingerprint density at radius 1 is 0.645 bits per heavy atom. The van der Waals surface area contributed by atoms with Gasteiger partial charge in [0.2, 0.25) is 11.6 Å². The first kappa shape index (κ1) is 23.1. The molecule has 1 aliphatic carbocycles. The average molecular weight is 423 g/mol. The molecule has 0 N–H and O–H groups in total. The summed E-state index contributed by atoms with van der Waals surface area (Å²) in [7, 11) is 3.13. The fourth-order valence-electron chi connectivity index (χ4n) is 4.15. The van der Waals surface area contributed by atoms with Gasteiger partial charge in [-0.25, -0.2) is 0 Å². The number of ether oxygens (including phenoxy) is 2. The van der Waals surface area contributed by atoms with E-state index in [0.717, 1.165) is 41.5 Å². The van der Waals surface area contributed by atoms with Gasteiger partial charge in [-0.15, -0.1) is 0 Å². The number of fused-ring (bicyclic) bond motifs is 4. The first-order valence-corrected chi connectivity index (χ1v) is 10.9. The number of aryl methyl sites for hydroxylation is 2. The van der Waals surface area contributed by atoms with Crippen LogP contribution in [0.1, 0.15) is 90.9 Å². The zero-order valence-corrected chi connectivity index (χ0v) is 20.1. The molecule has 0 aliphatic heterocycles. The molecule has 0 unspecified atom stereocenters. The molecular weight excluding hydrogens is 388 g/mol. The lowest BCUT2D eigenvalue weighted by atomic mass is 9.82. The molecule has 2 aromatic rings. The van der Waals surface area contributed by atoms with E-state index in [9.17, 15) is 9.59 Å². The molecule has 0 saturated heterocycles. The van der Waals surface area contributed by atoms with E-state index < -0.39 is 11.6 Å². The molecule has 4 nitrogen and oxygen atoms in total. The van der Waals surface area contributed by atoms with Crippen molar-refractivity contribution in [1.82, 2.24) is 0 Å².